The molecule has 14 heavy (non-hydrogen) atoms. The third-order valence-corrected chi connectivity index (χ3v) is 1.93. The number of halogens is 1. The fourth-order valence-corrected chi connectivity index (χ4v) is 1.30. The first kappa shape index (κ1) is 8.82. The van der Waals surface area contributed by atoms with E-state index in [1.54, 1.807) is 0 Å². The molecule has 1 aromatic carbocycles. The van der Waals surface area contributed by atoms with E-state index in [4.69, 9.17) is 14.7 Å². The smallest absolute Gasteiger partial charge is 0.197 e. The normalized spacial score (nSPS) is 14.3. The first-order valence-corrected chi connectivity index (χ1v) is 4.30. The molecule has 1 heterocycles. The van der Waals surface area contributed by atoms with Crippen molar-refractivity contribution in [1.82, 2.24) is 0 Å². The second-order valence-corrected chi connectivity index (χ2v) is 2.95. The van der Waals surface area contributed by atoms with Crippen LogP contribution in [0.4, 0.5) is 4.39 Å². The lowest BCUT2D eigenvalue weighted by atomic mass is 10.2. The van der Waals surface area contributed by atoms with Crippen LogP contribution in [0.5, 0.6) is 11.5 Å². The first-order valence-electron chi connectivity index (χ1n) is 4.30. The molecule has 0 saturated carbocycles. The molecule has 0 bridgehead atoms. The lowest BCUT2D eigenvalue weighted by Crippen LogP contribution is -1.98. The Bertz CT molecular complexity index is 398. The van der Waals surface area contributed by atoms with Gasteiger partial charge in [-0.15, -0.1) is 0 Å². The molecular formula is C10H8FNO2. The van der Waals surface area contributed by atoms with Crippen LogP contribution in [0, 0.1) is 17.1 Å². The highest BCUT2D eigenvalue weighted by Crippen LogP contribution is 2.33. The van der Waals surface area contributed by atoms with Crippen LogP contribution in [0.1, 0.15) is 12.0 Å². The minimum Gasteiger partial charge on any atom is -0.489 e. The molecule has 0 fully saturated rings. The molecule has 1 aliphatic heterocycles. The van der Waals surface area contributed by atoms with E-state index in [9.17, 15) is 4.39 Å². The number of hydrogen-bond acceptors (Lipinski definition) is 3. The molecule has 0 unspecified atom stereocenters. The molecule has 3 nitrogen and oxygen atoms in total. The summed E-state index contributed by atoms with van der Waals surface area (Å²) in [6, 6.07) is 4.50. The van der Waals surface area contributed by atoms with Crippen molar-refractivity contribution in [3.63, 3.8) is 0 Å². The minimum atomic E-state index is -0.541. The number of nitriles is 1. The van der Waals surface area contributed by atoms with E-state index in [0.717, 1.165) is 12.5 Å². The third-order valence-electron chi connectivity index (χ3n) is 1.93. The Hall–Kier alpha value is -1.76. The lowest BCUT2D eigenvalue weighted by Gasteiger charge is -2.07. The van der Waals surface area contributed by atoms with Gasteiger partial charge in [0.1, 0.15) is 0 Å². The summed E-state index contributed by atoms with van der Waals surface area (Å²) in [6.45, 7) is 0.928. The highest BCUT2D eigenvalue weighted by molar-refractivity contribution is 5.48. The Morgan fingerprint density at radius 2 is 2.07 bits per heavy atom. The van der Waals surface area contributed by atoms with Crippen LogP contribution in [-0.2, 0) is 0 Å². The van der Waals surface area contributed by atoms with Crippen LogP contribution in [-0.4, -0.2) is 13.2 Å². The molecule has 0 spiro atoms. The van der Waals surface area contributed by atoms with Gasteiger partial charge in [0.2, 0.25) is 0 Å². The number of fused-ring (bicyclic) bond motifs is 1. The summed E-state index contributed by atoms with van der Waals surface area (Å²) in [4.78, 5) is 0. The van der Waals surface area contributed by atoms with Crippen LogP contribution < -0.4 is 9.47 Å². The van der Waals surface area contributed by atoms with E-state index in [-0.39, 0.29) is 11.3 Å². The largest absolute Gasteiger partial charge is 0.489 e. The molecule has 0 aromatic heterocycles. The summed E-state index contributed by atoms with van der Waals surface area (Å²) in [6.07, 6.45) is 0.718. The number of rotatable bonds is 0. The minimum absolute atomic E-state index is 0.113. The van der Waals surface area contributed by atoms with Gasteiger partial charge < -0.3 is 9.47 Å². The number of benzene rings is 1. The molecule has 1 aliphatic rings. The van der Waals surface area contributed by atoms with Gasteiger partial charge in [-0.2, -0.15) is 5.26 Å². The molecule has 0 aliphatic carbocycles. The Balaban J connectivity index is 2.50. The van der Waals surface area contributed by atoms with Gasteiger partial charge in [0.15, 0.2) is 17.3 Å². The molecular weight excluding hydrogens is 185 g/mol. The Labute approximate surface area is 80.7 Å². The van der Waals surface area contributed by atoms with Crippen molar-refractivity contribution in [2.75, 3.05) is 13.2 Å². The zero-order chi connectivity index (χ0) is 9.97. The molecule has 0 N–H and O–H groups in total. The maximum atomic E-state index is 13.3. The monoisotopic (exact) mass is 193 g/mol. The van der Waals surface area contributed by atoms with Gasteiger partial charge in [-0.25, -0.2) is 4.39 Å². The van der Waals surface area contributed by atoms with Crippen LogP contribution >= 0.6 is 0 Å². The lowest BCUT2D eigenvalue weighted by molar-refractivity contribution is 0.292. The van der Waals surface area contributed by atoms with Gasteiger partial charge in [0.05, 0.1) is 24.8 Å². The summed E-state index contributed by atoms with van der Waals surface area (Å²) < 4.78 is 23.8. The van der Waals surface area contributed by atoms with E-state index in [1.807, 2.05) is 6.07 Å². The van der Waals surface area contributed by atoms with E-state index in [1.165, 1.54) is 6.07 Å². The maximum Gasteiger partial charge on any atom is 0.197 e. The van der Waals surface area contributed by atoms with Gasteiger partial charge in [0.25, 0.3) is 0 Å². The van der Waals surface area contributed by atoms with Gasteiger partial charge in [-0.05, 0) is 6.07 Å². The zero-order valence-electron chi connectivity index (χ0n) is 7.42. The fourth-order valence-electron chi connectivity index (χ4n) is 1.30. The van der Waals surface area contributed by atoms with Crippen LogP contribution in [0.2, 0.25) is 0 Å². The number of nitrogens with zero attached hydrogens (tertiary/aromatic N) is 1. The molecule has 0 amide bonds. The molecule has 1 aromatic rings. The Morgan fingerprint density at radius 3 is 2.86 bits per heavy atom. The molecule has 72 valence electrons. The van der Waals surface area contributed by atoms with Crippen LogP contribution in [0.3, 0.4) is 0 Å². The summed E-state index contributed by atoms with van der Waals surface area (Å²) in [5.41, 5.74) is 0.242. The van der Waals surface area contributed by atoms with Gasteiger partial charge in [-0.3, -0.25) is 0 Å². The van der Waals surface area contributed by atoms with Crippen LogP contribution in [0.25, 0.3) is 0 Å². The van der Waals surface area contributed by atoms with Crippen molar-refractivity contribution in [1.29, 1.82) is 5.26 Å². The van der Waals surface area contributed by atoms with E-state index in [0.29, 0.717) is 19.0 Å². The predicted octanol–water partition coefficient (Wildman–Crippen LogP) is 1.86. The average Bonchev–Trinajstić information content (AvgIpc) is 2.42. The highest BCUT2D eigenvalue weighted by Gasteiger charge is 2.16. The molecule has 2 rings (SSSR count). The van der Waals surface area contributed by atoms with Crippen molar-refractivity contribution >= 4 is 0 Å². The van der Waals surface area contributed by atoms with Crippen molar-refractivity contribution in [3.05, 3.63) is 23.5 Å². The zero-order valence-corrected chi connectivity index (χ0v) is 7.42. The van der Waals surface area contributed by atoms with Crippen LogP contribution in [0.15, 0.2) is 12.1 Å². The maximum absolute atomic E-state index is 13.3. The Morgan fingerprint density at radius 1 is 1.29 bits per heavy atom. The standard InChI is InChI=1S/C10H8FNO2/c11-8-4-7(6-12)5-9-10(8)14-3-1-2-13-9/h4-5H,1-3H2. The van der Waals surface area contributed by atoms with Gasteiger partial charge in [0, 0.05) is 12.5 Å². The summed E-state index contributed by atoms with van der Waals surface area (Å²) >= 11 is 0. The van der Waals surface area contributed by atoms with E-state index < -0.39 is 5.82 Å². The van der Waals surface area contributed by atoms with Crippen molar-refractivity contribution in [3.8, 4) is 17.6 Å². The average molecular weight is 193 g/mol. The summed E-state index contributed by atoms with van der Waals surface area (Å²) in [5, 5.41) is 8.62. The SMILES string of the molecule is N#Cc1cc(F)c2c(c1)OCCCO2. The van der Waals surface area contributed by atoms with E-state index in [2.05, 4.69) is 0 Å². The van der Waals surface area contributed by atoms with Gasteiger partial charge >= 0.3 is 0 Å². The molecule has 0 atom stereocenters. The summed E-state index contributed by atoms with van der Waals surface area (Å²) in [5.74, 6) is -0.110. The molecule has 4 heteroatoms. The topological polar surface area (TPSA) is 42.2 Å². The Kier molecular flexibility index (Phi) is 2.23. The highest BCUT2D eigenvalue weighted by atomic mass is 19.1. The van der Waals surface area contributed by atoms with Crippen molar-refractivity contribution in [2.24, 2.45) is 0 Å². The molecule has 0 saturated heterocycles. The second-order valence-electron chi connectivity index (χ2n) is 2.95. The summed E-state index contributed by atoms with van der Waals surface area (Å²) in [7, 11) is 0. The fraction of sp³-hybridized carbons (Fsp3) is 0.300. The van der Waals surface area contributed by atoms with E-state index >= 15 is 0 Å². The molecule has 0 radical (unpaired) electrons. The second kappa shape index (κ2) is 3.54. The number of ether oxygens (including phenoxy) is 2. The first-order chi connectivity index (χ1) is 6.81. The van der Waals surface area contributed by atoms with Gasteiger partial charge in [-0.1, -0.05) is 0 Å². The number of hydrogen-bond donors (Lipinski definition) is 0. The van der Waals surface area contributed by atoms with Crippen molar-refractivity contribution < 1.29 is 13.9 Å². The van der Waals surface area contributed by atoms with Crippen molar-refractivity contribution in [2.45, 2.75) is 6.42 Å². The third kappa shape index (κ3) is 1.49. The predicted molar refractivity (Wildman–Crippen MR) is 46.7 cm³/mol. The quantitative estimate of drug-likeness (QED) is 0.631.